The third kappa shape index (κ3) is 5.43. The van der Waals surface area contributed by atoms with Crippen LogP contribution in [0.4, 0.5) is 0 Å². The van der Waals surface area contributed by atoms with Crippen LogP contribution in [-0.2, 0) is 6.54 Å². The molecule has 1 unspecified atom stereocenters. The average molecular weight is 305 g/mol. The summed E-state index contributed by atoms with van der Waals surface area (Å²) >= 11 is 5.33. The van der Waals surface area contributed by atoms with Crippen molar-refractivity contribution in [1.82, 2.24) is 10.6 Å². The fraction of sp³-hybridized carbons (Fsp3) is 0.667. The van der Waals surface area contributed by atoms with Crippen molar-refractivity contribution in [3.05, 3.63) is 20.8 Å². The molecule has 0 amide bonds. The molecule has 0 aromatic carbocycles. The van der Waals surface area contributed by atoms with Gasteiger partial charge in [-0.05, 0) is 55.1 Å². The number of rotatable bonds is 5. The van der Waals surface area contributed by atoms with Gasteiger partial charge in [-0.3, -0.25) is 0 Å². The maximum Gasteiger partial charge on any atom is 0.0327 e. The molecule has 4 heteroatoms. The largest absolute Gasteiger partial charge is 0.311 e. The fourth-order valence-corrected chi connectivity index (χ4v) is 2.69. The Morgan fingerprint density at radius 3 is 2.62 bits per heavy atom. The summed E-state index contributed by atoms with van der Waals surface area (Å²) in [6.07, 6.45) is 0. The lowest BCUT2D eigenvalue weighted by Gasteiger charge is -2.24. The molecule has 2 N–H and O–H groups in total. The van der Waals surface area contributed by atoms with E-state index in [1.807, 2.05) is 0 Å². The average Bonchev–Trinajstić information content (AvgIpc) is 2.57. The minimum absolute atomic E-state index is 0.194. The Morgan fingerprint density at radius 2 is 2.12 bits per heavy atom. The van der Waals surface area contributed by atoms with Gasteiger partial charge in [0.05, 0.1) is 0 Å². The lowest BCUT2D eigenvalue weighted by atomic mass is 10.1. The minimum Gasteiger partial charge on any atom is -0.311 e. The van der Waals surface area contributed by atoms with Gasteiger partial charge in [-0.1, -0.05) is 0 Å². The van der Waals surface area contributed by atoms with Crippen molar-refractivity contribution in [2.45, 2.75) is 45.8 Å². The first-order valence-electron chi connectivity index (χ1n) is 5.59. The van der Waals surface area contributed by atoms with E-state index in [1.54, 1.807) is 11.3 Å². The summed E-state index contributed by atoms with van der Waals surface area (Å²) in [5, 5.41) is 9.12. The molecule has 1 aromatic rings. The Morgan fingerprint density at radius 1 is 1.44 bits per heavy atom. The molecule has 0 aliphatic rings. The van der Waals surface area contributed by atoms with Crippen LogP contribution in [0, 0.1) is 0 Å². The Kier molecular flexibility index (Phi) is 5.44. The Hall–Kier alpha value is 0.100. The summed E-state index contributed by atoms with van der Waals surface area (Å²) in [6.45, 7) is 10.7. The van der Waals surface area contributed by atoms with Gasteiger partial charge < -0.3 is 10.6 Å². The van der Waals surface area contributed by atoms with E-state index in [4.69, 9.17) is 0 Å². The van der Waals surface area contributed by atoms with Crippen LogP contribution in [0.25, 0.3) is 0 Å². The Labute approximate surface area is 111 Å². The summed E-state index contributed by atoms with van der Waals surface area (Å²) in [4.78, 5) is 1.36. The molecule has 0 radical (unpaired) electrons. The normalized spacial score (nSPS) is 14.1. The third-order valence-electron chi connectivity index (χ3n) is 2.24. The highest BCUT2D eigenvalue weighted by Crippen LogP contribution is 2.22. The molecular formula is C12H21BrN2S. The van der Waals surface area contributed by atoms with E-state index in [2.05, 4.69) is 65.7 Å². The number of hydrogen-bond acceptors (Lipinski definition) is 3. The van der Waals surface area contributed by atoms with E-state index in [0.29, 0.717) is 6.04 Å². The van der Waals surface area contributed by atoms with Crippen LogP contribution in [0.2, 0.25) is 0 Å². The van der Waals surface area contributed by atoms with E-state index >= 15 is 0 Å². The van der Waals surface area contributed by atoms with E-state index in [1.165, 1.54) is 9.35 Å². The molecule has 92 valence electrons. The highest BCUT2D eigenvalue weighted by molar-refractivity contribution is 9.10. The van der Waals surface area contributed by atoms with Crippen LogP contribution in [0.3, 0.4) is 0 Å². The Bertz CT molecular complexity index is 317. The first-order valence-corrected chi connectivity index (χ1v) is 7.26. The molecule has 1 rings (SSSR count). The zero-order chi connectivity index (χ0) is 12.2. The van der Waals surface area contributed by atoms with Crippen LogP contribution in [0.15, 0.2) is 15.9 Å². The van der Waals surface area contributed by atoms with Gasteiger partial charge >= 0.3 is 0 Å². The van der Waals surface area contributed by atoms with Gasteiger partial charge in [-0.25, -0.2) is 0 Å². The molecule has 0 fully saturated rings. The fourth-order valence-electron chi connectivity index (χ4n) is 1.25. The second-order valence-corrected chi connectivity index (χ2v) is 6.96. The van der Waals surface area contributed by atoms with E-state index in [0.717, 1.165) is 13.1 Å². The van der Waals surface area contributed by atoms with E-state index in [-0.39, 0.29) is 5.54 Å². The van der Waals surface area contributed by atoms with Crippen molar-refractivity contribution in [2.75, 3.05) is 6.54 Å². The lowest BCUT2D eigenvalue weighted by Crippen LogP contribution is -2.44. The number of halogens is 1. The van der Waals surface area contributed by atoms with Crippen molar-refractivity contribution in [1.29, 1.82) is 0 Å². The van der Waals surface area contributed by atoms with Crippen molar-refractivity contribution in [3.63, 3.8) is 0 Å². The van der Waals surface area contributed by atoms with Crippen LogP contribution in [0.5, 0.6) is 0 Å². The molecule has 1 atom stereocenters. The molecule has 1 heterocycles. The minimum atomic E-state index is 0.194. The van der Waals surface area contributed by atoms with Crippen LogP contribution < -0.4 is 10.6 Å². The summed E-state index contributed by atoms with van der Waals surface area (Å²) in [6, 6.07) is 2.58. The van der Waals surface area contributed by atoms with Crippen molar-refractivity contribution in [3.8, 4) is 0 Å². The highest BCUT2D eigenvalue weighted by atomic mass is 79.9. The smallest absolute Gasteiger partial charge is 0.0327 e. The maximum absolute atomic E-state index is 3.54. The Balaban J connectivity index is 2.25. The third-order valence-corrected chi connectivity index (χ3v) is 4.17. The molecule has 2 nitrogen and oxygen atoms in total. The maximum atomic E-state index is 3.54. The zero-order valence-corrected chi connectivity index (χ0v) is 12.8. The molecule has 16 heavy (non-hydrogen) atoms. The first-order chi connectivity index (χ1) is 7.38. The molecule has 0 spiro atoms. The molecular weight excluding hydrogens is 284 g/mol. The summed E-state index contributed by atoms with van der Waals surface area (Å²) in [5.41, 5.74) is 0.194. The number of hydrogen-bond donors (Lipinski definition) is 2. The highest BCUT2D eigenvalue weighted by Gasteiger charge is 2.11. The monoisotopic (exact) mass is 304 g/mol. The van der Waals surface area contributed by atoms with E-state index < -0.39 is 0 Å². The standard InChI is InChI=1S/C12H21BrN2S/c1-9(7-15-12(2,3)4)14-8-11-10(13)5-6-16-11/h5-6,9,14-15H,7-8H2,1-4H3. The van der Waals surface area contributed by atoms with Crippen LogP contribution in [0.1, 0.15) is 32.6 Å². The molecule has 0 aliphatic heterocycles. The van der Waals surface area contributed by atoms with E-state index in [9.17, 15) is 0 Å². The predicted octanol–water partition coefficient (Wildman–Crippen LogP) is 3.38. The van der Waals surface area contributed by atoms with Crippen LogP contribution in [-0.4, -0.2) is 18.1 Å². The van der Waals surface area contributed by atoms with Gasteiger partial charge in [0.2, 0.25) is 0 Å². The van der Waals surface area contributed by atoms with Crippen molar-refractivity contribution < 1.29 is 0 Å². The second-order valence-electron chi connectivity index (χ2n) is 5.10. The second kappa shape index (κ2) is 6.15. The molecule has 0 bridgehead atoms. The SMILES string of the molecule is CC(CNC(C)(C)C)NCc1sccc1Br. The lowest BCUT2D eigenvalue weighted by molar-refractivity contribution is 0.388. The summed E-state index contributed by atoms with van der Waals surface area (Å²) in [7, 11) is 0. The van der Waals surface area contributed by atoms with Crippen LogP contribution >= 0.6 is 27.3 Å². The van der Waals surface area contributed by atoms with Gasteiger partial charge in [0.1, 0.15) is 0 Å². The molecule has 1 aromatic heterocycles. The van der Waals surface area contributed by atoms with Gasteiger partial charge in [-0.15, -0.1) is 11.3 Å². The topological polar surface area (TPSA) is 24.1 Å². The van der Waals surface area contributed by atoms with Gasteiger partial charge in [0, 0.05) is 34.0 Å². The molecule has 0 saturated heterocycles. The van der Waals surface area contributed by atoms with Crippen molar-refractivity contribution >= 4 is 27.3 Å². The molecule has 0 aliphatic carbocycles. The summed E-state index contributed by atoms with van der Waals surface area (Å²) < 4.78 is 1.21. The van der Waals surface area contributed by atoms with Crippen molar-refractivity contribution in [2.24, 2.45) is 0 Å². The molecule has 0 saturated carbocycles. The first kappa shape index (κ1) is 14.2. The zero-order valence-electron chi connectivity index (χ0n) is 10.4. The van der Waals surface area contributed by atoms with Gasteiger partial charge in [0.15, 0.2) is 0 Å². The van der Waals surface area contributed by atoms with Gasteiger partial charge in [0.25, 0.3) is 0 Å². The number of thiophene rings is 1. The summed E-state index contributed by atoms with van der Waals surface area (Å²) in [5.74, 6) is 0. The predicted molar refractivity (Wildman–Crippen MR) is 76.1 cm³/mol. The van der Waals surface area contributed by atoms with Gasteiger partial charge in [-0.2, -0.15) is 0 Å². The quantitative estimate of drug-likeness (QED) is 0.871. The number of nitrogens with one attached hydrogen (secondary N) is 2.